The normalized spacial score (nSPS) is 20.9. The summed E-state index contributed by atoms with van der Waals surface area (Å²) in [4.78, 5) is 22.2. The number of hydrogen-bond donors (Lipinski definition) is 1. The van der Waals surface area contributed by atoms with Gasteiger partial charge in [-0.15, -0.1) is 0 Å². The standard InChI is InChI=1S/C10H9NO4/c12-9-6-8(10(13)11(9)14)15-7-4-2-1-3-5-7/h1-5,8,14H,6H2. The van der Waals surface area contributed by atoms with E-state index in [9.17, 15) is 9.59 Å². The first-order valence-corrected chi connectivity index (χ1v) is 4.46. The Morgan fingerprint density at radius 2 is 1.93 bits per heavy atom. The first-order chi connectivity index (χ1) is 7.18. The van der Waals surface area contributed by atoms with E-state index in [-0.39, 0.29) is 11.5 Å². The van der Waals surface area contributed by atoms with Crippen molar-refractivity contribution in [2.75, 3.05) is 0 Å². The molecule has 1 aromatic carbocycles. The van der Waals surface area contributed by atoms with Crippen LogP contribution in [-0.4, -0.2) is 28.2 Å². The van der Waals surface area contributed by atoms with Crippen molar-refractivity contribution in [3.8, 4) is 5.75 Å². The van der Waals surface area contributed by atoms with E-state index in [1.54, 1.807) is 24.3 Å². The molecule has 1 N–H and O–H groups in total. The number of imide groups is 1. The third kappa shape index (κ3) is 1.82. The van der Waals surface area contributed by atoms with Crippen LogP contribution in [0.25, 0.3) is 0 Å². The second-order valence-electron chi connectivity index (χ2n) is 3.17. The Bertz CT molecular complexity index is 390. The summed E-state index contributed by atoms with van der Waals surface area (Å²) in [5.41, 5.74) is 0. The number of hydrogen-bond acceptors (Lipinski definition) is 4. The van der Waals surface area contributed by atoms with Crippen molar-refractivity contribution in [3.63, 3.8) is 0 Å². The zero-order chi connectivity index (χ0) is 10.8. The maximum Gasteiger partial charge on any atom is 0.294 e. The molecule has 1 aliphatic rings. The van der Waals surface area contributed by atoms with Crippen LogP contribution in [0.5, 0.6) is 5.75 Å². The Balaban J connectivity index is 2.09. The predicted molar refractivity (Wildman–Crippen MR) is 49.1 cm³/mol. The number of rotatable bonds is 2. The van der Waals surface area contributed by atoms with Crippen LogP contribution in [0.2, 0.25) is 0 Å². The van der Waals surface area contributed by atoms with E-state index in [1.165, 1.54) is 0 Å². The average molecular weight is 207 g/mol. The van der Waals surface area contributed by atoms with Gasteiger partial charge in [0.25, 0.3) is 11.8 Å². The van der Waals surface area contributed by atoms with E-state index in [0.29, 0.717) is 5.75 Å². The highest BCUT2D eigenvalue weighted by Gasteiger charge is 2.39. The van der Waals surface area contributed by atoms with Gasteiger partial charge in [-0.25, -0.2) is 0 Å². The first-order valence-electron chi connectivity index (χ1n) is 4.46. The molecule has 5 heteroatoms. The Hall–Kier alpha value is -1.88. The molecule has 2 amide bonds. The van der Waals surface area contributed by atoms with Crippen LogP contribution < -0.4 is 4.74 Å². The topological polar surface area (TPSA) is 66.8 Å². The molecule has 5 nitrogen and oxygen atoms in total. The molecule has 1 aliphatic heterocycles. The third-order valence-electron chi connectivity index (χ3n) is 2.10. The molecular formula is C10H9NO4. The third-order valence-corrected chi connectivity index (χ3v) is 2.10. The van der Waals surface area contributed by atoms with Crippen molar-refractivity contribution >= 4 is 11.8 Å². The summed E-state index contributed by atoms with van der Waals surface area (Å²) in [5, 5.41) is 9.07. The highest BCUT2D eigenvalue weighted by Crippen LogP contribution is 2.18. The van der Waals surface area contributed by atoms with Crippen LogP contribution >= 0.6 is 0 Å². The van der Waals surface area contributed by atoms with E-state index in [2.05, 4.69) is 0 Å². The molecule has 0 bridgehead atoms. The summed E-state index contributed by atoms with van der Waals surface area (Å²) < 4.78 is 5.26. The minimum absolute atomic E-state index is 0.105. The zero-order valence-electron chi connectivity index (χ0n) is 7.79. The molecule has 0 aliphatic carbocycles. The van der Waals surface area contributed by atoms with Gasteiger partial charge in [0.2, 0.25) is 0 Å². The lowest BCUT2D eigenvalue weighted by molar-refractivity contribution is -0.173. The van der Waals surface area contributed by atoms with Crippen LogP contribution in [0.4, 0.5) is 0 Å². The zero-order valence-corrected chi connectivity index (χ0v) is 7.79. The van der Waals surface area contributed by atoms with Gasteiger partial charge in [0.05, 0.1) is 6.42 Å². The molecule has 2 rings (SSSR count). The van der Waals surface area contributed by atoms with E-state index >= 15 is 0 Å². The minimum Gasteiger partial charge on any atom is -0.480 e. The van der Waals surface area contributed by atoms with Crippen molar-refractivity contribution in [1.29, 1.82) is 0 Å². The second kappa shape index (κ2) is 3.70. The summed E-state index contributed by atoms with van der Waals surface area (Å²) >= 11 is 0. The van der Waals surface area contributed by atoms with Crippen molar-refractivity contribution in [1.82, 2.24) is 5.06 Å². The summed E-state index contributed by atoms with van der Waals surface area (Å²) in [6.07, 6.45) is -1.03. The van der Waals surface area contributed by atoms with Crippen molar-refractivity contribution in [2.45, 2.75) is 12.5 Å². The molecule has 1 fully saturated rings. The number of carbonyl (C=O) groups excluding carboxylic acids is 2. The monoisotopic (exact) mass is 207 g/mol. The molecule has 1 aromatic rings. The molecule has 0 spiro atoms. The summed E-state index contributed by atoms with van der Waals surface area (Å²) in [7, 11) is 0. The average Bonchev–Trinajstić information content (AvgIpc) is 2.48. The van der Waals surface area contributed by atoms with Gasteiger partial charge in [0, 0.05) is 0 Å². The molecular weight excluding hydrogens is 198 g/mol. The maximum absolute atomic E-state index is 11.3. The lowest BCUT2D eigenvalue weighted by Gasteiger charge is -2.10. The fourth-order valence-corrected chi connectivity index (χ4v) is 1.35. The molecule has 1 saturated heterocycles. The molecule has 1 unspecified atom stereocenters. The smallest absolute Gasteiger partial charge is 0.294 e. The molecule has 78 valence electrons. The van der Waals surface area contributed by atoms with E-state index < -0.39 is 17.9 Å². The molecule has 0 saturated carbocycles. The number of amides is 2. The van der Waals surface area contributed by atoms with Gasteiger partial charge in [-0.2, -0.15) is 5.06 Å². The summed E-state index contributed by atoms with van der Waals surface area (Å²) in [5.74, 6) is -0.858. The first kappa shape index (κ1) is 9.67. The maximum atomic E-state index is 11.3. The fraction of sp³-hybridized carbons (Fsp3) is 0.200. The van der Waals surface area contributed by atoms with Gasteiger partial charge in [0.15, 0.2) is 6.10 Å². The number of hydroxylamine groups is 2. The Morgan fingerprint density at radius 1 is 1.27 bits per heavy atom. The van der Waals surface area contributed by atoms with Crippen molar-refractivity contribution < 1.29 is 19.5 Å². The molecule has 0 aromatic heterocycles. The number of carbonyl (C=O) groups is 2. The van der Waals surface area contributed by atoms with Crippen LogP contribution in [0.15, 0.2) is 30.3 Å². The van der Waals surface area contributed by atoms with Gasteiger partial charge in [-0.05, 0) is 12.1 Å². The van der Waals surface area contributed by atoms with Gasteiger partial charge < -0.3 is 4.74 Å². The van der Waals surface area contributed by atoms with E-state index in [0.717, 1.165) is 0 Å². The van der Waals surface area contributed by atoms with Gasteiger partial charge in [-0.3, -0.25) is 14.8 Å². The Kier molecular flexibility index (Phi) is 2.39. The van der Waals surface area contributed by atoms with Crippen molar-refractivity contribution in [2.24, 2.45) is 0 Å². The van der Waals surface area contributed by atoms with Gasteiger partial charge in [-0.1, -0.05) is 18.2 Å². The number of para-hydroxylation sites is 1. The highest BCUT2D eigenvalue weighted by molar-refractivity contribution is 6.03. The van der Waals surface area contributed by atoms with Crippen LogP contribution in [-0.2, 0) is 9.59 Å². The summed E-state index contributed by atoms with van der Waals surface area (Å²) in [6, 6.07) is 8.68. The number of ether oxygens (including phenoxy) is 1. The highest BCUT2D eigenvalue weighted by atomic mass is 16.6. The lowest BCUT2D eigenvalue weighted by Crippen LogP contribution is -2.31. The van der Waals surface area contributed by atoms with Crippen molar-refractivity contribution in [3.05, 3.63) is 30.3 Å². The SMILES string of the molecule is O=C1CC(Oc2ccccc2)C(=O)N1O. The van der Waals surface area contributed by atoms with E-state index in [4.69, 9.17) is 9.94 Å². The largest absolute Gasteiger partial charge is 0.480 e. The van der Waals surface area contributed by atoms with Gasteiger partial charge >= 0.3 is 0 Å². The van der Waals surface area contributed by atoms with Crippen LogP contribution in [0.3, 0.4) is 0 Å². The van der Waals surface area contributed by atoms with Gasteiger partial charge in [0.1, 0.15) is 5.75 Å². The molecule has 1 heterocycles. The molecule has 0 radical (unpaired) electrons. The predicted octanol–water partition coefficient (Wildman–Crippen LogP) is 0.582. The van der Waals surface area contributed by atoms with Crippen LogP contribution in [0, 0.1) is 0 Å². The number of nitrogens with zero attached hydrogens (tertiary/aromatic N) is 1. The fourth-order valence-electron chi connectivity index (χ4n) is 1.35. The summed E-state index contributed by atoms with van der Waals surface area (Å²) in [6.45, 7) is 0. The lowest BCUT2D eigenvalue weighted by atomic mass is 10.3. The van der Waals surface area contributed by atoms with E-state index in [1.807, 2.05) is 6.07 Å². The number of benzene rings is 1. The Labute approximate surface area is 85.8 Å². The van der Waals surface area contributed by atoms with Crippen LogP contribution in [0.1, 0.15) is 6.42 Å². The molecule has 1 atom stereocenters. The second-order valence-corrected chi connectivity index (χ2v) is 3.17. The quantitative estimate of drug-likeness (QED) is 0.569. The Morgan fingerprint density at radius 3 is 2.47 bits per heavy atom. The minimum atomic E-state index is -0.912. The molecule has 15 heavy (non-hydrogen) atoms.